The standard InChI is InChI=1S/C23H22N4O5/c1-30-17-7-12-6-13-11-32-22(29)20(13)19(15(12)8-18(17)31-2)14-9-25-23(26-10-14)27-5-3-4-16(27)21(24)28/h6-10,16H,3-5,11H2,1-2H3,(H2,24,28)/t16-/m0/s1. The van der Waals surface area contributed by atoms with Crippen LogP contribution in [0.3, 0.4) is 0 Å². The second-order valence-corrected chi connectivity index (χ2v) is 7.82. The van der Waals surface area contributed by atoms with Gasteiger partial charge < -0.3 is 24.8 Å². The number of anilines is 1. The molecular weight excluding hydrogens is 412 g/mol. The molecule has 32 heavy (non-hydrogen) atoms. The summed E-state index contributed by atoms with van der Waals surface area (Å²) in [7, 11) is 3.14. The lowest BCUT2D eigenvalue weighted by molar-refractivity contribution is -0.119. The molecule has 5 rings (SSSR count). The maximum absolute atomic E-state index is 12.6. The van der Waals surface area contributed by atoms with Crippen LogP contribution in [0.4, 0.5) is 5.95 Å². The number of ether oxygens (including phenoxy) is 3. The van der Waals surface area contributed by atoms with Gasteiger partial charge in [0.2, 0.25) is 11.9 Å². The minimum atomic E-state index is -0.408. The Balaban J connectivity index is 1.67. The van der Waals surface area contributed by atoms with Crippen molar-refractivity contribution in [3.05, 3.63) is 41.7 Å². The first-order chi connectivity index (χ1) is 15.5. The maximum Gasteiger partial charge on any atom is 0.339 e. The molecule has 0 saturated carbocycles. The first-order valence-corrected chi connectivity index (χ1v) is 10.3. The molecule has 0 radical (unpaired) electrons. The molecule has 0 bridgehead atoms. The van der Waals surface area contributed by atoms with Crippen molar-refractivity contribution in [3.63, 3.8) is 0 Å². The fraction of sp³-hybridized carbons (Fsp3) is 0.304. The van der Waals surface area contributed by atoms with Crippen LogP contribution in [-0.4, -0.2) is 48.7 Å². The Morgan fingerprint density at radius 3 is 2.53 bits per heavy atom. The van der Waals surface area contributed by atoms with Crippen LogP contribution >= 0.6 is 0 Å². The van der Waals surface area contributed by atoms with Gasteiger partial charge in [-0.05, 0) is 41.8 Å². The number of fused-ring (bicyclic) bond motifs is 2. The van der Waals surface area contributed by atoms with Crippen molar-refractivity contribution in [2.24, 2.45) is 5.73 Å². The number of hydrogen-bond acceptors (Lipinski definition) is 8. The predicted molar refractivity (Wildman–Crippen MR) is 117 cm³/mol. The summed E-state index contributed by atoms with van der Waals surface area (Å²) in [5.74, 6) is 0.810. The molecule has 1 atom stereocenters. The molecule has 2 aromatic carbocycles. The third-order valence-electron chi connectivity index (χ3n) is 6.05. The predicted octanol–water partition coefficient (Wildman–Crippen LogP) is 2.44. The number of methoxy groups -OCH3 is 2. The zero-order chi connectivity index (χ0) is 22.4. The molecule has 1 aromatic heterocycles. The van der Waals surface area contributed by atoms with Gasteiger partial charge in [-0.1, -0.05) is 0 Å². The van der Waals surface area contributed by atoms with Crippen molar-refractivity contribution in [2.45, 2.75) is 25.5 Å². The van der Waals surface area contributed by atoms with Gasteiger partial charge in [-0.25, -0.2) is 14.8 Å². The summed E-state index contributed by atoms with van der Waals surface area (Å²) in [6.07, 6.45) is 4.86. The van der Waals surface area contributed by atoms with Crippen molar-refractivity contribution in [2.75, 3.05) is 25.7 Å². The number of nitrogens with zero attached hydrogens (tertiary/aromatic N) is 3. The number of amides is 1. The SMILES string of the molecule is COc1cc2cc3c(c(-c4cnc(N5CCC[C@H]5C(N)=O)nc4)c2cc1OC)C(=O)OC3. The maximum atomic E-state index is 12.6. The molecule has 0 aliphatic carbocycles. The number of primary amides is 1. The Bertz CT molecular complexity index is 1240. The molecule has 3 aromatic rings. The number of benzene rings is 2. The summed E-state index contributed by atoms with van der Waals surface area (Å²) in [6, 6.07) is 5.23. The molecule has 2 aliphatic rings. The topological polar surface area (TPSA) is 117 Å². The van der Waals surface area contributed by atoms with Crippen molar-refractivity contribution in [1.82, 2.24) is 9.97 Å². The first-order valence-electron chi connectivity index (χ1n) is 10.3. The highest BCUT2D eigenvalue weighted by Crippen LogP contribution is 2.42. The lowest BCUT2D eigenvalue weighted by Gasteiger charge is -2.22. The van der Waals surface area contributed by atoms with Crippen LogP contribution < -0.4 is 20.1 Å². The fourth-order valence-corrected chi connectivity index (χ4v) is 4.55. The summed E-state index contributed by atoms with van der Waals surface area (Å²) in [6.45, 7) is 0.873. The minimum Gasteiger partial charge on any atom is -0.493 e. The summed E-state index contributed by atoms with van der Waals surface area (Å²) < 4.78 is 16.2. The summed E-state index contributed by atoms with van der Waals surface area (Å²) in [4.78, 5) is 35.2. The highest BCUT2D eigenvalue weighted by Gasteiger charge is 2.32. The van der Waals surface area contributed by atoms with Crippen molar-refractivity contribution >= 4 is 28.6 Å². The summed E-state index contributed by atoms with van der Waals surface area (Å²) in [5, 5.41) is 1.68. The molecule has 0 unspecified atom stereocenters. The molecule has 0 spiro atoms. The van der Waals surface area contributed by atoms with Gasteiger partial charge >= 0.3 is 5.97 Å². The molecule has 9 nitrogen and oxygen atoms in total. The molecule has 3 heterocycles. The number of hydrogen-bond donors (Lipinski definition) is 1. The lowest BCUT2D eigenvalue weighted by Crippen LogP contribution is -2.41. The largest absolute Gasteiger partial charge is 0.493 e. The Labute approximate surface area is 184 Å². The molecule has 9 heteroatoms. The Kier molecular flexibility index (Phi) is 4.80. The second-order valence-electron chi connectivity index (χ2n) is 7.82. The van der Waals surface area contributed by atoms with E-state index in [1.165, 1.54) is 0 Å². The minimum absolute atomic E-state index is 0.207. The molecule has 1 fully saturated rings. The van der Waals surface area contributed by atoms with E-state index in [0.717, 1.165) is 22.8 Å². The zero-order valence-electron chi connectivity index (χ0n) is 17.8. The van der Waals surface area contributed by atoms with Crippen molar-refractivity contribution in [3.8, 4) is 22.6 Å². The van der Waals surface area contributed by atoms with Crippen LogP contribution in [0.2, 0.25) is 0 Å². The fourth-order valence-electron chi connectivity index (χ4n) is 4.55. The van der Waals surface area contributed by atoms with Crippen LogP contribution in [0.25, 0.3) is 21.9 Å². The number of carbonyl (C=O) groups is 2. The van der Waals surface area contributed by atoms with E-state index in [0.29, 0.717) is 47.1 Å². The van der Waals surface area contributed by atoms with Crippen molar-refractivity contribution in [1.29, 1.82) is 0 Å². The Morgan fingerprint density at radius 2 is 1.84 bits per heavy atom. The highest BCUT2D eigenvalue weighted by molar-refractivity contribution is 6.11. The van der Waals surface area contributed by atoms with E-state index in [2.05, 4.69) is 9.97 Å². The molecular formula is C23H22N4O5. The molecule has 1 amide bonds. The molecule has 164 valence electrons. The van der Waals surface area contributed by atoms with E-state index >= 15 is 0 Å². The van der Waals surface area contributed by atoms with Gasteiger partial charge in [0.05, 0.1) is 19.8 Å². The van der Waals surface area contributed by atoms with Gasteiger partial charge in [0, 0.05) is 35.6 Å². The van der Waals surface area contributed by atoms with Crippen LogP contribution in [0.15, 0.2) is 30.6 Å². The highest BCUT2D eigenvalue weighted by atomic mass is 16.5. The van der Waals surface area contributed by atoms with E-state index in [9.17, 15) is 9.59 Å². The number of esters is 1. The summed E-state index contributed by atoms with van der Waals surface area (Å²) >= 11 is 0. The number of nitrogens with two attached hydrogens (primary N) is 1. The van der Waals surface area contributed by atoms with Gasteiger partial charge in [0.1, 0.15) is 12.6 Å². The van der Waals surface area contributed by atoms with E-state index in [1.54, 1.807) is 26.6 Å². The number of cyclic esters (lactones) is 1. The normalized spacial score (nSPS) is 17.4. The Hall–Kier alpha value is -3.88. The van der Waals surface area contributed by atoms with Gasteiger partial charge in [-0.3, -0.25) is 4.79 Å². The monoisotopic (exact) mass is 434 g/mol. The molecule has 2 aliphatic heterocycles. The first kappa shape index (κ1) is 20.0. The van der Waals surface area contributed by atoms with E-state index in [-0.39, 0.29) is 18.5 Å². The smallest absolute Gasteiger partial charge is 0.339 e. The van der Waals surface area contributed by atoms with Gasteiger partial charge in [0.25, 0.3) is 0 Å². The zero-order valence-corrected chi connectivity index (χ0v) is 17.8. The van der Waals surface area contributed by atoms with E-state index in [4.69, 9.17) is 19.9 Å². The van der Waals surface area contributed by atoms with Crippen LogP contribution in [0.1, 0.15) is 28.8 Å². The number of rotatable bonds is 5. The van der Waals surface area contributed by atoms with Gasteiger partial charge in [0.15, 0.2) is 11.5 Å². The number of aromatic nitrogens is 2. The van der Waals surface area contributed by atoms with Gasteiger partial charge in [-0.15, -0.1) is 0 Å². The molecule has 2 N–H and O–H groups in total. The second kappa shape index (κ2) is 7.67. The van der Waals surface area contributed by atoms with Crippen LogP contribution in [-0.2, 0) is 16.1 Å². The third kappa shape index (κ3) is 3.08. The van der Waals surface area contributed by atoms with E-state index in [1.807, 2.05) is 23.1 Å². The lowest BCUT2D eigenvalue weighted by atomic mass is 9.91. The van der Waals surface area contributed by atoms with Crippen molar-refractivity contribution < 1.29 is 23.8 Å². The van der Waals surface area contributed by atoms with Crippen LogP contribution in [0, 0.1) is 0 Å². The summed E-state index contributed by atoms with van der Waals surface area (Å²) in [5.41, 5.74) is 8.16. The third-order valence-corrected chi connectivity index (χ3v) is 6.05. The van der Waals surface area contributed by atoms with Gasteiger partial charge in [-0.2, -0.15) is 0 Å². The average molecular weight is 434 g/mol. The average Bonchev–Trinajstić information content (AvgIpc) is 3.44. The Morgan fingerprint density at radius 1 is 1.12 bits per heavy atom. The molecule has 1 saturated heterocycles. The number of carbonyl (C=O) groups excluding carboxylic acids is 2. The quantitative estimate of drug-likeness (QED) is 0.609. The van der Waals surface area contributed by atoms with E-state index < -0.39 is 6.04 Å². The van der Waals surface area contributed by atoms with Crippen LogP contribution in [0.5, 0.6) is 11.5 Å².